The molecular formula is C12H17N5. The third-order valence-corrected chi connectivity index (χ3v) is 3.48. The first kappa shape index (κ1) is 10.5. The fourth-order valence-electron chi connectivity index (χ4n) is 2.44. The molecule has 1 aliphatic heterocycles. The van der Waals surface area contributed by atoms with Crippen molar-refractivity contribution in [3.8, 4) is 0 Å². The van der Waals surface area contributed by atoms with Crippen molar-refractivity contribution in [2.45, 2.75) is 18.9 Å². The van der Waals surface area contributed by atoms with E-state index in [1.165, 1.54) is 17.8 Å². The number of aromatic nitrogens is 4. The van der Waals surface area contributed by atoms with Crippen molar-refractivity contribution in [1.82, 2.24) is 24.6 Å². The molecule has 3 rings (SSSR count). The molecular weight excluding hydrogens is 214 g/mol. The Morgan fingerprint density at radius 1 is 1.53 bits per heavy atom. The van der Waals surface area contributed by atoms with Gasteiger partial charge in [0.25, 0.3) is 0 Å². The van der Waals surface area contributed by atoms with E-state index >= 15 is 0 Å². The topological polar surface area (TPSA) is 47.7 Å². The smallest absolute Gasteiger partial charge is 0.0951 e. The Balaban J connectivity index is 1.84. The second kappa shape index (κ2) is 4.33. The summed E-state index contributed by atoms with van der Waals surface area (Å²) >= 11 is 0. The van der Waals surface area contributed by atoms with E-state index in [1.54, 1.807) is 0 Å². The van der Waals surface area contributed by atoms with Gasteiger partial charge in [0.1, 0.15) is 0 Å². The van der Waals surface area contributed by atoms with Gasteiger partial charge in [-0.15, -0.1) is 0 Å². The molecule has 0 aromatic carbocycles. The minimum atomic E-state index is 0.603. The number of imidazole rings is 1. The monoisotopic (exact) mass is 231 g/mol. The molecule has 90 valence electrons. The Morgan fingerprint density at radius 3 is 3.18 bits per heavy atom. The van der Waals surface area contributed by atoms with Crippen molar-refractivity contribution in [1.29, 1.82) is 0 Å². The van der Waals surface area contributed by atoms with Crippen molar-refractivity contribution in [3.05, 3.63) is 36.2 Å². The lowest BCUT2D eigenvalue weighted by Gasteiger charge is -2.12. The van der Waals surface area contributed by atoms with Crippen LogP contribution in [0.1, 0.15) is 23.7 Å². The molecule has 1 fully saturated rings. The molecule has 1 atom stereocenters. The van der Waals surface area contributed by atoms with Gasteiger partial charge in [-0.3, -0.25) is 4.68 Å². The number of aryl methyl sites for hydroxylation is 1. The average molecular weight is 231 g/mol. The Hall–Kier alpha value is -1.62. The van der Waals surface area contributed by atoms with Gasteiger partial charge in [-0.2, -0.15) is 5.10 Å². The lowest BCUT2D eigenvalue weighted by Crippen LogP contribution is -2.13. The van der Waals surface area contributed by atoms with Gasteiger partial charge in [0.2, 0.25) is 0 Å². The van der Waals surface area contributed by atoms with Crippen LogP contribution in [0.25, 0.3) is 0 Å². The number of hydrogen-bond acceptors (Lipinski definition) is 3. The third kappa shape index (κ3) is 1.98. The van der Waals surface area contributed by atoms with Crippen LogP contribution in [0.4, 0.5) is 0 Å². The molecule has 2 aromatic rings. The van der Waals surface area contributed by atoms with Gasteiger partial charge in [0.05, 0.1) is 18.6 Å². The van der Waals surface area contributed by atoms with E-state index in [-0.39, 0.29) is 0 Å². The van der Waals surface area contributed by atoms with Crippen molar-refractivity contribution in [2.75, 3.05) is 13.1 Å². The third-order valence-electron chi connectivity index (χ3n) is 3.48. The molecule has 0 radical (unpaired) electrons. The Labute approximate surface area is 100 Å². The molecule has 1 saturated heterocycles. The molecule has 1 N–H and O–H groups in total. The molecule has 0 bridgehead atoms. The fraction of sp³-hybridized carbons (Fsp3) is 0.500. The van der Waals surface area contributed by atoms with Crippen LogP contribution in [0, 0.1) is 0 Å². The summed E-state index contributed by atoms with van der Waals surface area (Å²) in [7, 11) is 1.98. The van der Waals surface area contributed by atoms with Gasteiger partial charge < -0.3 is 9.88 Å². The molecule has 0 spiro atoms. The van der Waals surface area contributed by atoms with Gasteiger partial charge in [-0.05, 0) is 19.0 Å². The maximum Gasteiger partial charge on any atom is 0.0951 e. The molecule has 2 aromatic heterocycles. The van der Waals surface area contributed by atoms with Crippen molar-refractivity contribution in [2.24, 2.45) is 7.05 Å². The van der Waals surface area contributed by atoms with E-state index in [1.807, 2.05) is 30.5 Å². The maximum atomic E-state index is 4.28. The largest absolute Gasteiger partial charge is 0.328 e. The predicted octanol–water partition coefficient (Wildman–Crippen LogP) is 0.742. The first-order chi connectivity index (χ1) is 8.34. The summed E-state index contributed by atoms with van der Waals surface area (Å²) in [6.07, 6.45) is 6.95. The summed E-state index contributed by atoms with van der Waals surface area (Å²) in [6, 6.07) is 2.05. The zero-order valence-electron chi connectivity index (χ0n) is 10.0. The van der Waals surface area contributed by atoms with Crippen LogP contribution in [-0.2, 0) is 13.6 Å². The van der Waals surface area contributed by atoms with Crippen LogP contribution in [0.3, 0.4) is 0 Å². The summed E-state index contributed by atoms with van der Waals surface area (Å²) < 4.78 is 4.14. The number of rotatable bonds is 3. The van der Waals surface area contributed by atoms with Crippen LogP contribution in [0.5, 0.6) is 0 Å². The van der Waals surface area contributed by atoms with Crippen LogP contribution in [0.2, 0.25) is 0 Å². The van der Waals surface area contributed by atoms with Gasteiger partial charge >= 0.3 is 0 Å². The Kier molecular flexibility index (Phi) is 2.68. The molecule has 5 heteroatoms. The molecule has 0 amide bonds. The second-order valence-electron chi connectivity index (χ2n) is 4.58. The van der Waals surface area contributed by atoms with E-state index in [2.05, 4.69) is 26.0 Å². The normalized spacial score (nSPS) is 19.9. The van der Waals surface area contributed by atoms with Gasteiger partial charge in [0.15, 0.2) is 0 Å². The molecule has 0 aliphatic carbocycles. The van der Waals surface area contributed by atoms with E-state index in [0.717, 1.165) is 19.6 Å². The number of nitrogens with one attached hydrogen (secondary N) is 1. The molecule has 17 heavy (non-hydrogen) atoms. The first-order valence-electron chi connectivity index (χ1n) is 6.02. The summed E-state index contributed by atoms with van der Waals surface area (Å²) in [4.78, 5) is 4.28. The molecule has 0 saturated carbocycles. The second-order valence-corrected chi connectivity index (χ2v) is 4.58. The average Bonchev–Trinajstić information content (AvgIpc) is 3.02. The van der Waals surface area contributed by atoms with E-state index in [9.17, 15) is 0 Å². The van der Waals surface area contributed by atoms with Crippen LogP contribution < -0.4 is 5.32 Å². The van der Waals surface area contributed by atoms with Crippen molar-refractivity contribution < 1.29 is 0 Å². The summed E-state index contributed by atoms with van der Waals surface area (Å²) in [5.74, 6) is 0.603. The Bertz CT molecular complexity index is 492. The minimum Gasteiger partial charge on any atom is -0.328 e. The summed E-state index contributed by atoms with van der Waals surface area (Å²) in [6.45, 7) is 3.03. The molecule has 1 unspecified atom stereocenters. The standard InChI is InChI=1S/C12H17N5/c1-16-11(3-5-15-16)8-17-9-14-7-12(17)10-2-4-13-6-10/h3,5,7,9-10,13H,2,4,6,8H2,1H3. The van der Waals surface area contributed by atoms with E-state index < -0.39 is 0 Å². The predicted molar refractivity (Wildman–Crippen MR) is 64.8 cm³/mol. The first-order valence-corrected chi connectivity index (χ1v) is 6.02. The lowest BCUT2D eigenvalue weighted by molar-refractivity contribution is 0.617. The van der Waals surface area contributed by atoms with E-state index in [4.69, 9.17) is 0 Å². The van der Waals surface area contributed by atoms with Gasteiger partial charge in [0, 0.05) is 37.6 Å². The van der Waals surface area contributed by atoms with Gasteiger partial charge in [-0.25, -0.2) is 4.98 Å². The van der Waals surface area contributed by atoms with Gasteiger partial charge in [-0.1, -0.05) is 0 Å². The Morgan fingerprint density at radius 2 is 2.47 bits per heavy atom. The van der Waals surface area contributed by atoms with E-state index in [0.29, 0.717) is 5.92 Å². The van der Waals surface area contributed by atoms with Crippen molar-refractivity contribution in [3.63, 3.8) is 0 Å². The fourth-order valence-corrected chi connectivity index (χ4v) is 2.44. The number of hydrogen-bond donors (Lipinski definition) is 1. The van der Waals surface area contributed by atoms with Crippen LogP contribution in [-0.4, -0.2) is 32.4 Å². The summed E-state index contributed by atoms with van der Waals surface area (Å²) in [5.41, 5.74) is 2.53. The molecule has 5 nitrogen and oxygen atoms in total. The SMILES string of the molecule is Cn1nccc1Cn1cncc1C1CCNC1. The van der Waals surface area contributed by atoms with Crippen LogP contribution in [0.15, 0.2) is 24.8 Å². The highest BCUT2D eigenvalue weighted by Gasteiger charge is 2.20. The van der Waals surface area contributed by atoms with Crippen molar-refractivity contribution >= 4 is 0 Å². The molecule has 1 aliphatic rings. The number of nitrogens with zero attached hydrogens (tertiary/aromatic N) is 4. The highest BCUT2D eigenvalue weighted by molar-refractivity contribution is 5.12. The highest BCUT2D eigenvalue weighted by atomic mass is 15.3. The molecule has 3 heterocycles. The lowest BCUT2D eigenvalue weighted by atomic mass is 10.1. The summed E-state index contributed by atoms with van der Waals surface area (Å²) in [5, 5.41) is 7.59. The minimum absolute atomic E-state index is 0.603. The zero-order chi connectivity index (χ0) is 11.7. The quantitative estimate of drug-likeness (QED) is 0.847. The zero-order valence-corrected chi connectivity index (χ0v) is 10.0. The highest BCUT2D eigenvalue weighted by Crippen LogP contribution is 2.22. The maximum absolute atomic E-state index is 4.28. The van der Waals surface area contributed by atoms with Crippen LogP contribution >= 0.6 is 0 Å².